The van der Waals surface area contributed by atoms with Crippen molar-refractivity contribution in [2.75, 3.05) is 0 Å². The maximum Gasteiger partial charge on any atom is 0.0812 e. The molecule has 4 rings (SSSR count). The molecular formula is C33H40Br4N4Ni2. The van der Waals surface area contributed by atoms with Gasteiger partial charge < -0.3 is 0 Å². The van der Waals surface area contributed by atoms with Crippen molar-refractivity contribution in [2.45, 2.75) is 59.8 Å². The molecule has 0 N–H and O–H groups in total. The topological polar surface area (TPSA) is 50.5 Å². The molecule has 2 aromatic heterocycles. The van der Waals surface area contributed by atoms with Gasteiger partial charge in [-0.15, -0.1) is 67.9 Å². The summed E-state index contributed by atoms with van der Waals surface area (Å²) in [4.78, 5) is 18.4. The first-order valence-electron chi connectivity index (χ1n) is 13.0. The molecule has 0 atom stereocenters. The Morgan fingerprint density at radius 3 is 1.37 bits per heavy atom. The minimum absolute atomic E-state index is 0. The number of benzene rings is 2. The number of aryl methyl sites for hydroxylation is 2. The van der Waals surface area contributed by atoms with Gasteiger partial charge in [0.25, 0.3) is 0 Å². The van der Waals surface area contributed by atoms with E-state index in [1.165, 1.54) is 33.4 Å². The Morgan fingerprint density at radius 2 is 1.00 bits per heavy atom. The molecule has 0 aliphatic carbocycles. The Balaban J connectivity index is -0.00000267. The van der Waals surface area contributed by atoms with Crippen LogP contribution in [-0.2, 0) is 39.4 Å². The number of nitrogens with zero attached hydrogens (tertiary/aromatic N) is 4. The Hall–Kier alpha value is -1.01. The standard InChI is InChI=1S/C33H36N4.4BrH.2Ni/c1-22(2)30-18-27(19-31(23(3)4)33(30)37-21-29-12-8-10-14-35-29)17-26-15-24(5)32(25(6)16-26)36-20-28-11-7-9-13-34-28;;;;;;/h7-16,18-23H,17H2,1-6H3;4*1H;;. The second-order valence-electron chi connectivity index (χ2n) is 10.2. The van der Waals surface area contributed by atoms with Crippen LogP contribution in [0.1, 0.15) is 84.3 Å². The minimum atomic E-state index is 0. The van der Waals surface area contributed by atoms with Crippen LogP contribution in [0.15, 0.2) is 83.0 Å². The van der Waals surface area contributed by atoms with E-state index >= 15 is 0 Å². The average Bonchev–Trinajstić information content (AvgIpc) is 2.88. The van der Waals surface area contributed by atoms with E-state index in [9.17, 15) is 0 Å². The zero-order valence-corrected chi connectivity index (χ0v) is 33.8. The maximum atomic E-state index is 4.94. The molecule has 0 amide bonds. The largest absolute Gasteiger partial charge is 0.255 e. The summed E-state index contributed by atoms with van der Waals surface area (Å²) in [6.07, 6.45) is 8.18. The normalized spacial score (nSPS) is 10.2. The molecule has 0 aliphatic rings. The van der Waals surface area contributed by atoms with E-state index < -0.39 is 0 Å². The predicted octanol–water partition coefficient (Wildman–Crippen LogP) is 10.7. The van der Waals surface area contributed by atoms with Crippen molar-refractivity contribution in [2.24, 2.45) is 9.98 Å². The summed E-state index contributed by atoms with van der Waals surface area (Å²) < 4.78 is 0. The van der Waals surface area contributed by atoms with Crippen molar-refractivity contribution in [1.29, 1.82) is 0 Å². The van der Waals surface area contributed by atoms with Gasteiger partial charge >= 0.3 is 0 Å². The van der Waals surface area contributed by atoms with E-state index in [-0.39, 0.29) is 101 Å². The van der Waals surface area contributed by atoms with Gasteiger partial charge in [-0.3, -0.25) is 20.0 Å². The van der Waals surface area contributed by atoms with Crippen LogP contribution in [0.5, 0.6) is 0 Å². The molecule has 10 heteroatoms. The van der Waals surface area contributed by atoms with Crippen molar-refractivity contribution < 1.29 is 33.0 Å². The number of rotatable bonds is 8. The van der Waals surface area contributed by atoms with E-state index in [1.54, 1.807) is 12.4 Å². The van der Waals surface area contributed by atoms with Crippen LogP contribution < -0.4 is 0 Å². The average molecular weight is 930 g/mol. The third-order valence-corrected chi connectivity index (χ3v) is 6.46. The molecule has 2 aromatic carbocycles. The van der Waals surface area contributed by atoms with E-state index in [2.05, 4.69) is 75.8 Å². The van der Waals surface area contributed by atoms with E-state index in [4.69, 9.17) is 9.98 Å². The second kappa shape index (κ2) is 22.5. The van der Waals surface area contributed by atoms with Crippen LogP contribution in [-0.4, -0.2) is 22.4 Å². The van der Waals surface area contributed by atoms with Gasteiger partial charge in [-0.25, -0.2) is 0 Å². The molecule has 4 nitrogen and oxygen atoms in total. The van der Waals surface area contributed by atoms with E-state index in [1.807, 2.05) is 48.8 Å². The zero-order chi connectivity index (χ0) is 26.4. The third kappa shape index (κ3) is 13.1. The van der Waals surface area contributed by atoms with E-state index in [0.717, 1.165) is 29.2 Å². The van der Waals surface area contributed by atoms with Crippen molar-refractivity contribution in [3.8, 4) is 0 Å². The molecule has 4 aromatic rings. The van der Waals surface area contributed by atoms with Gasteiger partial charge in [0, 0.05) is 45.4 Å². The molecular weight excluding hydrogens is 889 g/mol. The van der Waals surface area contributed by atoms with Crippen molar-refractivity contribution in [1.82, 2.24) is 9.97 Å². The van der Waals surface area contributed by atoms with Crippen molar-refractivity contribution >= 4 is 91.7 Å². The molecule has 2 heterocycles. The maximum absolute atomic E-state index is 4.94. The quantitative estimate of drug-likeness (QED) is 0.131. The van der Waals surface area contributed by atoms with Crippen LogP contribution in [0.2, 0.25) is 0 Å². The third-order valence-electron chi connectivity index (χ3n) is 6.46. The molecule has 0 saturated carbocycles. The number of aliphatic imine (C=N–C) groups is 2. The summed E-state index contributed by atoms with van der Waals surface area (Å²) in [5.41, 5.74) is 11.3. The fourth-order valence-corrected chi connectivity index (χ4v) is 4.63. The second-order valence-corrected chi connectivity index (χ2v) is 10.2. The fraction of sp³-hybridized carbons (Fsp3) is 0.273. The van der Waals surface area contributed by atoms with Crippen LogP contribution in [0.4, 0.5) is 11.4 Å². The summed E-state index contributed by atoms with van der Waals surface area (Å²) >= 11 is 0. The van der Waals surface area contributed by atoms with Gasteiger partial charge in [-0.1, -0.05) is 64.1 Å². The SMILES string of the molecule is Br.Br.Br.Br.Cc1cc(Cc2cc(C(C)C)c(N=Cc3ccccn3)c(C(C)C)c2)cc(C)c1N=Cc1ccccn1.[Ni].[Ni]. The molecule has 240 valence electrons. The van der Waals surface area contributed by atoms with Crippen LogP contribution >= 0.6 is 67.9 Å². The van der Waals surface area contributed by atoms with Gasteiger partial charge in [-0.05, 0) is 89.8 Å². The first-order chi connectivity index (χ1) is 17.8. The summed E-state index contributed by atoms with van der Waals surface area (Å²) in [6.45, 7) is 13.2. The molecule has 0 bridgehead atoms. The smallest absolute Gasteiger partial charge is 0.0812 e. The molecule has 0 unspecified atom stereocenters. The van der Waals surface area contributed by atoms with Gasteiger partial charge in [0.1, 0.15) is 0 Å². The Morgan fingerprint density at radius 1 is 0.605 bits per heavy atom. The number of halogens is 4. The zero-order valence-electron chi connectivity index (χ0n) is 25.0. The van der Waals surface area contributed by atoms with Gasteiger partial charge in [0.15, 0.2) is 0 Å². The van der Waals surface area contributed by atoms with Crippen LogP contribution in [0, 0.1) is 13.8 Å². The van der Waals surface area contributed by atoms with Crippen LogP contribution in [0.3, 0.4) is 0 Å². The van der Waals surface area contributed by atoms with Gasteiger partial charge in [0.2, 0.25) is 0 Å². The van der Waals surface area contributed by atoms with Gasteiger partial charge in [0.05, 0.1) is 35.2 Å². The summed E-state index contributed by atoms with van der Waals surface area (Å²) in [5, 5.41) is 0. The molecule has 0 saturated heterocycles. The number of hydrogen-bond acceptors (Lipinski definition) is 4. The summed E-state index contributed by atoms with van der Waals surface area (Å²) in [5.74, 6) is 0.722. The van der Waals surface area contributed by atoms with E-state index in [0.29, 0.717) is 11.8 Å². The molecule has 0 radical (unpaired) electrons. The Kier molecular flexibility index (Phi) is 24.3. The Labute approximate surface area is 319 Å². The Bertz CT molecular complexity index is 1380. The van der Waals surface area contributed by atoms with Gasteiger partial charge in [-0.2, -0.15) is 0 Å². The number of pyridine rings is 2. The minimum Gasteiger partial charge on any atom is -0.255 e. The number of aromatic nitrogens is 2. The first-order valence-corrected chi connectivity index (χ1v) is 13.0. The number of hydrogen-bond donors (Lipinski definition) is 0. The van der Waals surface area contributed by atoms with Crippen molar-refractivity contribution in [3.63, 3.8) is 0 Å². The molecule has 0 spiro atoms. The van der Waals surface area contributed by atoms with Crippen LogP contribution in [0.25, 0.3) is 0 Å². The summed E-state index contributed by atoms with van der Waals surface area (Å²) in [6, 6.07) is 20.9. The first kappa shape index (κ1) is 46.4. The summed E-state index contributed by atoms with van der Waals surface area (Å²) in [7, 11) is 0. The predicted molar refractivity (Wildman–Crippen MR) is 198 cm³/mol. The molecule has 43 heavy (non-hydrogen) atoms. The fourth-order valence-electron chi connectivity index (χ4n) is 4.63. The molecule has 0 aliphatic heterocycles. The van der Waals surface area contributed by atoms with Crippen molar-refractivity contribution in [3.05, 3.63) is 118 Å². The molecule has 0 fully saturated rings. The monoisotopic (exact) mass is 924 g/mol.